The van der Waals surface area contributed by atoms with Crippen LogP contribution in [0.5, 0.6) is 0 Å². The second-order valence-electron chi connectivity index (χ2n) is 10.3. The lowest BCUT2D eigenvalue weighted by atomic mass is 10.0. The number of esters is 1. The van der Waals surface area contributed by atoms with E-state index in [2.05, 4.69) is 15.6 Å². The molecule has 4 rings (SSSR count). The van der Waals surface area contributed by atoms with Gasteiger partial charge >= 0.3 is 18.2 Å². The molecular formula is C28H31F3N6O7S. The summed E-state index contributed by atoms with van der Waals surface area (Å²) in [5.74, 6) is -0.704. The first-order chi connectivity index (χ1) is 21.2. The summed E-state index contributed by atoms with van der Waals surface area (Å²) in [4.78, 5) is 27.9. The Morgan fingerprint density at radius 2 is 1.82 bits per heavy atom. The van der Waals surface area contributed by atoms with Crippen LogP contribution in [0, 0.1) is 12.8 Å². The molecule has 1 aromatic heterocycles. The van der Waals surface area contributed by atoms with Crippen molar-refractivity contribution in [2.45, 2.75) is 51.0 Å². The molecule has 1 aliphatic heterocycles. The van der Waals surface area contributed by atoms with E-state index in [0.29, 0.717) is 31.5 Å². The molecule has 13 nitrogen and oxygen atoms in total. The summed E-state index contributed by atoms with van der Waals surface area (Å²) in [5.41, 5.74) is 0.629. The van der Waals surface area contributed by atoms with Crippen LogP contribution in [0.1, 0.15) is 37.9 Å². The molecule has 45 heavy (non-hydrogen) atoms. The highest BCUT2D eigenvalue weighted by atomic mass is 32.2. The molecule has 2 heterocycles. The number of carbonyl (C=O) groups excluding carboxylic acids is 2. The number of rotatable bonds is 10. The van der Waals surface area contributed by atoms with Crippen LogP contribution in [0.3, 0.4) is 0 Å². The van der Waals surface area contributed by atoms with Crippen LogP contribution in [-0.4, -0.2) is 61.3 Å². The van der Waals surface area contributed by atoms with Gasteiger partial charge in [-0.3, -0.25) is 9.80 Å². The highest BCUT2D eigenvalue weighted by molar-refractivity contribution is 7.90. The zero-order valence-electron chi connectivity index (χ0n) is 24.5. The van der Waals surface area contributed by atoms with E-state index in [4.69, 9.17) is 14.3 Å². The summed E-state index contributed by atoms with van der Waals surface area (Å²) < 4.78 is 78.9. The monoisotopic (exact) mass is 652 g/mol. The number of ether oxygens (including phenoxy) is 2. The lowest BCUT2D eigenvalue weighted by Crippen LogP contribution is -2.36. The molecule has 0 bridgehead atoms. The quantitative estimate of drug-likeness (QED) is 0.135. The Hall–Kier alpha value is -4.67. The first-order valence-electron chi connectivity index (χ1n) is 13.7. The summed E-state index contributed by atoms with van der Waals surface area (Å²) in [5, 5.41) is 12.7. The molecule has 2 aromatic carbocycles. The second kappa shape index (κ2) is 14.0. The van der Waals surface area contributed by atoms with E-state index in [1.54, 1.807) is 29.3 Å². The molecule has 0 aliphatic carbocycles. The maximum atomic E-state index is 13.5. The molecule has 1 N–H and O–H groups in total. The number of amides is 1. The van der Waals surface area contributed by atoms with E-state index >= 15 is 0 Å². The van der Waals surface area contributed by atoms with E-state index in [1.165, 1.54) is 26.0 Å². The van der Waals surface area contributed by atoms with Gasteiger partial charge in [-0.2, -0.15) is 18.3 Å². The first-order valence-corrected chi connectivity index (χ1v) is 15.2. The maximum absolute atomic E-state index is 13.5. The van der Waals surface area contributed by atoms with E-state index in [9.17, 15) is 31.2 Å². The Bertz CT molecular complexity index is 1630. The average Bonchev–Trinajstić information content (AvgIpc) is 3.43. The van der Waals surface area contributed by atoms with Gasteiger partial charge in [-0.1, -0.05) is 29.8 Å². The summed E-state index contributed by atoms with van der Waals surface area (Å²) in [6.07, 6.45) is -5.42. The average molecular weight is 653 g/mol. The Balaban J connectivity index is 1.37. The minimum atomic E-state index is -4.70. The number of carbonyl (C=O) groups is 2. The number of alkyl halides is 3. The van der Waals surface area contributed by atoms with Gasteiger partial charge in [0, 0.05) is 43.7 Å². The van der Waals surface area contributed by atoms with Crippen molar-refractivity contribution in [1.82, 2.24) is 19.5 Å². The number of sulfonamides is 1. The number of hydrogen-bond donors (Lipinski definition) is 1. The number of hydrogen-bond acceptors (Lipinski definition) is 10. The van der Waals surface area contributed by atoms with Crippen LogP contribution >= 0.6 is 0 Å². The van der Waals surface area contributed by atoms with Gasteiger partial charge in [0.05, 0.1) is 22.9 Å². The molecule has 0 radical (unpaired) electrons. The van der Waals surface area contributed by atoms with Crippen molar-refractivity contribution in [1.29, 1.82) is 0 Å². The smallest absolute Gasteiger partial charge is 0.435 e. The Kier molecular flexibility index (Phi) is 10.3. The number of halogens is 3. The largest absolute Gasteiger partial charge is 0.448 e. The standard InChI is InChI=1S/C28H31F3N6O7S/c1-18-6-8-22(9-7-18)25-15-26(28(29,30)31)32-37(25)23-10-12-24(13-11-23)45(40,41)33-27(39)42-17-21-5-4-14-36(16-21)34-35-44-20(3)43-19(2)38/h6-13,15,20-21H,4-5,14,16-17H2,1-3H3,(H,33,39)/b35-34-. The lowest BCUT2D eigenvalue weighted by molar-refractivity contribution is -0.175. The first kappa shape index (κ1) is 33.2. The van der Waals surface area contributed by atoms with Gasteiger partial charge in [-0.25, -0.2) is 22.6 Å². The molecule has 2 unspecified atom stereocenters. The molecule has 1 aliphatic rings. The molecule has 17 heteroatoms. The molecule has 242 valence electrons. The molecule has 3 aromatic rings. The Morgan fingerprint density at radius 3 is 2.47 bits per heavy atom. The van der Waals surface area contributed by atoms with E-state index < -0.39 is 40.2 Å². The van der Waals surface area contributed by atoms with Crippen molar-refractivity contribution in [3.63, 3.8) is 0 Å². The van der Waals surface area contributed by atoms with Crippen LogP contribution < -0.4 is 4.72 Å². The molecule has 1 amide bonds. The fourth-order valence-corrected chi connectivity index (χ4v) is 5.35. The number of aryl methyl sites for hydroxylation is 1. The van der Waals surface area contributed by atoms with Gasteiger partial charge < -0.3 is 14.3 Å². The van der Waals surface area contributed by atoms with E-state index in [1.807, 2.05) is 11.6 Å². The fraction of sp³-hybridized carbons (Fsp3) is 0.393. The fourth-order valence-electron chi connectivity index (χ4n) is 4.46. The normalized spacial score (nSPS) is 16.3. The number of nitrogens with zero attached hydrogens (tertiary/aromatic N) is 5. The molecule has 0 spiro atoms. The van der Waals surface area contributed by atoms with Crippen molar-refractivity contribution in [2.75, 3.05) is 19.7 Å². The zero-order valence-corrected chi connectivity index (χ0v) is 25.3. The minimum absolute atomic E-state index is 0.0976. The van der Waals surface area contributed by atoms with Gasteiger partial charge in [-0.15, -0.1) is 0 Å². The number of piperidine rings is 1. The molecule has 2 atom stereocenters. The summed E-state index contributed by atoms with van der Waals surface area (Å²) >= 11 is 0. The minimum Gasteiger partial charge on any atom is -0.448 e. The van der Waals surface area contributed by atoms with Crippen LogP contribution in [0.2, 0.25) is 0 Å². The number of benzene rings is 2. The highest BCUT2D eigenvalue weighted by Gasteiger charge is 2.35. The maximum Gasteiger partial charge on any atom is 0.435 e. The predicted octanol–water partition coefficient (Wildman–Crippen LogP) is 5.20. The second-order valence-corrected chi connectivity index (χ2v) is 11.9. The third kappa shape index (κ3) is 9.17. The van der Waals surface area contributed by atoms with Crippen LogP contribution in [0.25, 0.3) is 16.9 Å². The third-order valence-electron chi connectivity index (χ3n) is 6.59. The van der Waals surface area contributed by atoms with E-state index in [-0.39, 0.29) is 28.8 Å². The lowest BCUT2D eigenvalue weighted by Gasteiger charge is -2.28. The van der Waals surface area contributed by atoms with Gasteiger partial charge in [0.2, 0.25) is 0 Å². The highest BCUT2D eigenvalue weighted by Crippen LogP contribution is 2.33. The Morgan fingerprint density at radius 1 is 1.13 bits per heavy atom. The molecule has 1 saturated heterocycles. The van der Waals surface area contributed by atoms with Crippen molar-refractivity contribution in [3.8, 4) is 16.9 Å². The van der Waals surface area contributed by atoms with Crippen molar-refractivity contribution >= 4 is 22.1 Å². The molecule has 1 fully saturated rings. The van der Waals surface area contributed by atoms with Gasteiger partial charge in [-0.05, 0) is 55.3 Å². The van der Waals surface area contributed by atoms with Crippen LogP contribution in [0.4, 0.5) is 18.0 Å². The molecule has 0 saturated carbocycles. The van der Waals surface area contributed by atoms with Gasteiger partial charge in [0.15, 0.2) is 5.69 Å². The summed E-state index contributed by atoms with van der Waals surface area (Å²) in [6, 6.07) is 12.6. The van der Waals surface area contributed by atoms with Gasteiger partial charge in [0.1, 0.15) is 0 Å². The van der Waals surface area contributed by atoms with Gasteiger partial charge in [0.25, 0.3) is 16.3 Å². The Labute approximate surface area is 256 Å². The van der Waals surface area contributed by atoms with Crippen LogP contribution in [0.15, 0.2) is 70.0 Å². The van der Waals surface area contributed by atoms with E-state index in [0.717, 1.165) is 28.4 Å². The summed E-state index contributed by atoms with van der Waals surface area (Å²) in [7, 11) is -4.37. The zero-order chi connectivity index (χ0) is 32.8. The third-order valence-corrected chi connectivity index (χ3v) is 7.92. The number of aromatic nitrogens is 2. The molecular weight excluding hydrogens is 621 g/mol. The number of nitrogens with one attached hydrogen (secondary N) is 1. The van der Waals surface area contributed by atoms with Crippen molar-refractivity contribution in [2.24, 2.45) is 16.4 Å². The van der Waals surface area contributed by atoms with Crippen molar-refractivity contribution < 1.29 is 45.5 Å². The van der Waals surface area contributed by atoms with Crippen molar-refractivity contribution in [3.05, 3.63) is 65.9 Å². The summed E-state index contributed by atoms with van der Waals surface area (Å²) in [6.45, 7) is 5.36. The predicted molar refractivity (Wildman–Crippen MR) is 152 cm³/mol. The van der Waals surface area contributed by atoms with Crippen LogP contribution in [-0.2, 0) is 35.3 Å². The SMILES string of the molecule is CC(=O)OC(C)O/N=N\N1CCCC(COC(=O)NS(=O)(=O)c2ccc(-n3nc(C(F)(F)F)cc3-c3ccc(C)cc3)cc2)C1. The topological polar surface area (TPSA) is 154 Å².